The van der Waals surface area contributed by atoms with Gasteiger partial charge in [0.05, 0.1) is 0 Å². The molecule has 0 fully saturated rings. The fraction of sp³-hybridized carbons (Fsp3) is 0.176. The Morgan fingerprint density at radius 2 is 1.96 bits per heavy atom. The molecule has 0 aliphatic heterocycles. The van der Waals surface area contributed by atoms with Crippen molar-refractivity contribution in [2.45, 2.75) is 6.92 Å². The Hall–Kier alpha value is -2.41. The maximum absolute atomic E-state index is 13.0. The molecule has 2 aromatic carbocycles. The van der Waals surface area contributed by atoms with Gasteiger partial charge in [0.1, 0.15) is 11.6 Å². The Labute approximate surface area is 146 Å². The Balaban J connectivity index is 1.74. The number of aryl methyl sites for hydroxylation is 1. The predicted molar refractivity (Wildman–Crippen MR) is 90.4 cm³/mol. The molecule has 0 aromatic heterocycles. The van der Waals surface area contributed by atoms with E-state index in [0.717, 1.165) is 16.1 Å². The minimum atomic E-state index is -0.721. The van der Waals surface area contributed by atoms with Crippen molar-refractivity contribution in [2.24, 2.45) is 0 Å². The highest BCUT2D eigenvalue weighted by atomic mass is 79.9. The van der Waals surface area contributed by atoms with Gasteiger partial charge in [-0.3, -0.25) is 4.79 Å². The Morgan fingerprint density at radius 1 is 1.17 bits per heavy atom. The van der Waals surface area contributed by atoms with Crippen molar-refractivity contribution in [2.75, 3.05) is 18.5 Å². The molecule has 0 unspecified atom stereocenters. The largest absolute Gasteiger partial charge is 0.482 e. The maximum atomic E-state index is 13.0. The van der Waals surface area contributed by atoms with E-state index in [9.17, 15) is 14.0 Å². The van der Waals surface area contributed by atoms with Crippen molar-refractivity contribution < 1.29 is 23.5 Å². The number of rotatable bonds is 6. The van der Waals surface area contributed by atoms with Crippen LogP contribution in [0.25, 0.3) is 0 Å². The number of ether oxygens (including phenoxy) is 2. The van der Waals surface area contributed by atoms with Crippen LogP contribution >= 0.6 is 15.9 Å². The lowest BCUT2D eigenvalue weighted by Gasteiger charge is -2.09. The van der Waals surface area contributed by atoms with Crippen molar-refractivity contribution in [3.05, 3.63) is 58.3 Å². The zero-order chi connectivity index (χ0) is 17.5. The highest BCUT2D eigenvalue weighted by Crippen LogP contribution is 2.19. The van der Waals surface area contributed by atoms with E-state index in [4.69, 9.17) is 9.47 Å². The van der Waals surface area contributed by atoms with E-state index in [-0.39, 0.29) is 5.75 Å². The topological polar surface area (TPSA) is 64.6 Å². The molecule has 2 aromatic rings. The molecule has 0 heterocycles. The number of carbonyl (C=O) groups excluding carboxylic acids is 2. The number of benzene rings is 2. The molecule has 0 aliphatic carbocycles. The normalized spacial score (nSPS) is 10.1. The molecular weight excluding hydrogens is 381 g/mol. The summed E-state index contributed by atoms with van der Waals surface area (Å²) in [5, 5.41) is 2.62. The lowest BCUT2D eigenvalue weighted by Crippen LogP contribution is -2.23. The van der Waals surface area contributed by atoms with Crippen molar-refractivity contribution in [1.29, 1.82) is 0 Å². The molecular formula is C17H15BrFNO4. The second kappa shape index (κ2) is 8.44. The summed E-state index contributed by atoms with van der Waals surface area (Å²) < 4.78 is 23.8. The smallest absolute Gasteiger partial charge is 0.344 e. The number of hydrogen-bond donors (Lipinski definition) is 1. The van der Waals surface area contributed by atoms with Gasteiger partial charge in [0, 0.05) is 16.2 Å². The maximum Gasteiger partial charge on any atom is 0.344 e. The molecule has 0 atom stereocenters. The number of anilines is 1. The number of amides is 1. The highest BCUT2D eigenvalue weighted by molar-refractivity contribution is 9.10. The lowest BCUT2D eigenvalue weighted by atomic mass is 10.2. The van der Waals surface area contributed by atoms with Gasteiger partial charge in [-0.1, -0.05) is 22.0 Å². The summed E-state index contributed by atoms with van der Waals surface area (Å²) >= 11 is 3.37. The first-order valence-electron chi connectivity index (χ1n) is 7.04. The van der Waals surface area contributed by atoms with Gasteiger partial charge < -0.3 is 14.8 Å². The van der Waals surface area contributed by atoms with Crippen LogP contribution in [0.4, 0.5) is 10.1 Å². The fourth-order valence-corrected chi connectivity index (χ4v) is 2.05. The van der Waals surface area contributed by atoms with Gasteiger partial charge in [-0.15, -0.1) is 0 Å². The van der Waals surface area contributed by atoms with Crippen LogP contribution in [0.2, 0.25) is 0 Å². The van der Waals surface area contributed by atoms with Crippen LogP contribution in [-0.4, -0.2) is 25.1 Å². The van der Waals surface area contributed by atoms with Gasteiger partial charge in [0.25, 0.3) is 5.91 Å². The Kier molecular flexibility index (Phi) is 6.31. The average Bonchev–Trinajstić information content (AvgIpc) is 2.54. The van der Waals surface area contributed by atoms with Crippen LogP contribution in [0.1, 0.15) is 5.56 Å². The minimum absolute atomic E-state index is 0.210. The van der Waals surface area contributed by atoms with E-state index in [0.29, 0.717) is 5.69 Å². The number of hydrogen-bond acceptors (Lipinski definition) is 4. The molecule has 0 saturated heterocycles. The van der Waals surface area contributed by atoms with Crippen LogP contribution in [0.3, 0.4) is 0 Å². The molecule has 0 radical (unpaired) electrons. The second-order valence-electron chi connectivity index (χ2n) is 4.92. The molecule has 7 heteroatoms. The second-order valence-corrected chi connectivity index (χ2v) is 5.77. The van der Waals surface area contributed by atoms with Crippen LogP contribution in [0.5, 0.6) is 5.75 Å². The molecule has 1 N–H and O–H groups in total. The number of carbonyl (C=O) groups is 2. The van der Waals surface area contributed by atoms with E-state index < -0.39 is 30.9 Å². The zero-order valence-corrected chi connectivity index (χ0v) is 14.4. The van der Waals surface area contributed by atoms with Crippen LogP contribution in [0.15, 0.2) is 46.9 Å². The summed E-state index contributed by atoms with van der Waals surface area (Å²) in [5.74, 6) is -1.44. The van der Waals surface area contributed by atoms with Gasteiger partial charge in [0.2, 0.25) is 0 Å². The van der Waals surface area contributed by atoms with E-state index in [1.165, 1.54) is 18.2 Å². The van der Waals surface area contributed by atoms with E-state index in [1.54, 1.807) is 12.1 Å². The van der Waals surface area contributed by atoms with E-state index in [1.807, 2.05) is 13.0 Å². The first-order valence-corrected chi connectivity index (χ1v) is 7.83. The van der Waals surface area contributed by atoms with Gasteiger partial charge in [-0.25, -0.2) is 9.18 Å². The average molecular weight is 396 g/mol. The third kappa shape index (κ3) is 5.66. The molecule has 1 amide bonds. The first kappa shape index (κ1) is 17.9. The first-order chi connectivity index (χ1) is 11.4. The summed E-state index contributed by atoms with van der Waals surface area (Å²) in [4.78, 5) is 23.3. The van der Waals surface area contributed by atoms with Crippen molar-refractivity contribution in [3.63, 3.8) is 0 Å². The minimum Gasteiger partial charge on any atom is -0.482 e. The molecule has 0 saturated carbocycles. The number of esters is 1. The van der Waals surface area contributed by atoms with E-state index in [2.05, 4.69) is 21.2 Å². The summed E-state index contributed by atoms with van der Waals surface area (Å²) in [6, 6.07) is 10.7. The van der Waals surface area contributed by atoms with Crippen molar-refractivity contribution in [1.82, 2.24) is 0 Å². The summed E-state index contributed by atoms with van der Waals surface area (Å²) in [7, 11) is 0. The molecule has 0 bridgehead atoms. The molecule has 24 heavy (non-hydrogen) atoms. The molecule has 126 valence electrons. The van der Waals surface area contributed by atoms with Crippen LogP contribution < -0.4 is 10.1 Å². The molecule has 5 nitrogen and oxygen atoms in total. The zero-order valence-electron chi connectivity index (χ0n) is 12.8. The summed E-state index contributed by atoms with van der Waals surface area (Å²) in [6.45, 7) is 1.05. The third-order valence-electron chi connectivity index (χ3n) is 2.96. The predicted octanol–water partition coefficient (Wildman–Crippen LogP) is 3.46. The SMILES string of the molecule is Cc1cc(NC(=O)COC(=O)COc2cccc(F)c2)ccc1Br. The number of nitrogens with one attached hydrogen (secondary N) is 1. The quantitative estimate of drug-likeness (QED) is 0.760. The third-order valence-corrected chi connectivity index (χ3v) is 3.85. The fourth-order valence-electron chi connectivity index (χ4n) is 1.81. The van der Waals surface area contributed by atoms with Gasteiger partial charge in [-0.05, 0) is 42.8 Å². The van der Waals surface area contributed by atoms with Gasteiger partial charge >= 0.3 is 5.97 Å². The van der Waals surface area contributed by atoms with Gasteiger partial charge in [-0.2, -0.15) is 0 Å². The standard InChI is InChI=1S/C17H15BrFNO4/c1-11-7-13(5-6-15(11)18)20-16(21)9-24-17(22)10-23-14-4-2-3-12(19)8-14/h2-8H,9-10H2,1H3,(H,20,21). The van der Waals surface area contributed by atoms with Crippen LogP contribution in [0, 0.1) is 12.7 Å². The molecule has 0 aliphatic rings. The molecule has 0 spiro atoms. The van der Waals surface area contributed by atoms with Crippen molar-refractivity contribution in [3.8, 4) is 5.75 Å². The Morgan fingerprint density at radius 3 is 2.67 bits per heavy atom. The lowest BCUT2D eigenvalue weighted by molar-refractivity contribution is -0.149. The Bertz CT molecular complexity index is 751. The summed E-state index contributed by atoms with van der Waals surface area (Å²) in [6.07, 6.45) is 0. The van der Waals surface area contributed by atoms with Gasteiger partial charge in [0.15, 0.2) is 13.2 Å². The monoisotopic (exact) mass is 395 g/mol. The van der Waals surface area contributed by atoms with E-state index >= 15 is 0 Å². The molecule has 2 rings (SSSR count). The summed E-state index contributed by atoms with van der Waals surface area (Å²) in [5.41, 5.74) is 1.57. The number of halogens is 2. The van der Waals surface area contributed by atoms with Crippen molar-refractivity contribution >= 4 is 33.5 Å². The highest BCUT2D eigenvalue weighted by Gasteiger charge is 2.09. The van der Waals surface area contributed by atoms with Crippen LogP contribution in [-0.2, 0) is 14.3 Å².